The Kier molecular flexibility index (Phi) is 5.91. The van der Waals surface area contributed by atoms with Gasteiger partial charge in [-0.05, 0) is 23.6 Å². The predicted molar refractivity (Wildman–Crippen MR) is 105 cm³/mol. The van der Waals surface area contributed by atoms with Gasteiger partial charge in [0.2, 0.25) is 5.91 Å². The molecule has 0 spiro atoms. The molecule has 0 bridgehead atoms. The van der Waals surface area contributed by atoms with E-state index in [1.165, 1.54) is 0 Å². The second kappa shape index (κ2) is 8.35. The van der Waals surface area contributed by atoms with E-state index in [0.29, 0.717) is 30.3 Å². The highest BCUT2D eigenvalue weighted by Gasteiger charge is 2.35. The van der Waals surface area contributed by atoms with Crippen molar-refractivity contribution in [3.05, 3.63) is 47.8 Å². The van der Waals surface area contributed by atoms with Gasteiger partial charge in [-0.1, -0.05) is 26.0 Å². The van der Waals surface area contributed by atoms with Gasteiger partial charge in [-0.2, -0.15) is 5.10 Å². The molecule has 1 aromatic carbocycles. The van der Waals surface area contributed by atoms with Crippen molar-refractivity contribution in [1.82, 2.24) is 20.4 Å². The van der Waals surface area contributed by atoms with Gasteiger partial charge in [-0.3, -0.25) is 14.3 Å². The molecule has 2 aromatic rings. The molecule has 1 aliphatic heterocycles. The van der Waals surface area contributed by atoms with Gasteiger partial charge in [0.15, 0.2) is 0 Å². The molecule has 2 heterocycles. The van der Waals surface area contributed by atoms with E-state index in [9.17, 15) is 9.59 Å². The number of para-hydroxylation sites is 1. The average molecular weight is 369 g/mol. The van der Waals surface area contributed by atoms with Crippen molar-refractivity contribution >= 4 is 17.5 Å². The zero-order valence-electron chi connectivity index (χ0n) is 16.0. The molecule has 0 radical (unpaired) electrons. The number of nitrogens with zero attached hydrogens (tertiary/aromatic N) is 2. The van der Waals surface area contributed by atoms with E-state index in [-0.39, 0.29) is 23.7 Å². The Morgan fingerprint density at radius 3 is 2.78 bits per heavy atom. The Morgan fingerprint density at radius 1 is 1.30 bits per heavy atom. The largest absolute Gasteiger partial charge is 0.352 e. The molecule has 3 rings (SSSR count). The van der Waals surface area contributed by atoms with Crippen molar-refractivity contribution in [2.45, 2.75) is 19.8 Å². The lowest BCUT2D eigenvalue weighted by Gasteiger charge is -2.18. The van der Waals surface area contributed by atoms with Crippen LogP contribution in [0.1, 0.15) is 35.7 Å². The van der Waals surface area contributed by atoms with Crippen LogP contribution in [0.25, 0.3) is 0 Å². The third kappa shape index (κ3) is 4.54. The maximum absolute atomic E-state index is 12.9. The molecule has 3 N–H and O–H groups in total. The fraction of sp³-hybridized carbons (Fsp3) is 0.450. The number of rotatable bonds is 6. The molecule has 1 aliphatic rings. The summed E-state index contributed by atoms with van der Waals surface area (Å²) in [5.41, 5.74) is 2.07. The Balaban J connectivity index is 1.73. The van der Waals surface area contributed by atoms with Crippen LogP contribution in [0.2, 0.25) is 0 Å². The number of nitrogens with one attached hydrogen (secondary N) is 3. The van der Waals surface area contributed by atoms with Crippen LogP contribution in [0, 0.1) is 11.8 Å². The summed E-state index contributed by atoms with van der Waals surface area (Å²) in [5.74, 6) is -0.0342. The van der Waals surface area contributed by atoms with Crippen LogP contribution in [0.4, 0.5) is 5.69 Å². The van der Waals surface area contributed by atoms with Gasteiger partial charge >= 0.3 is 0 Å². The molecule has 2 atom stereocenters. The second-order valence-electron chi connectivity index (χ2n) is 7.46. The van der Waals surface area contributed by atoms with Crippen LogP contribution in [-0.4, -0.2) is 41.2 Å². The first-order valence-corrected chi connectivity index (χ1v) is 9.33. The smallest absolute Gasteiger partial charge is 0.253 e. The summed E-state index contributed by atoms with van der Waals surface area (Å²) in [6, 6.07) is 7.12. The summed E-state index contributed by atoms with van der Waals surface area (Å²) in [5, 5.41) is 13.4. The van der Waals surface area contributed by atoms with Crippen LogP contribution >= 0.6 is 0 Å². The van der Waals surface area contributed by atoms with E-state index in [2.05, 4.69) is 21.0 Å². The zero-order chi connectivity index (χ0) is 19.4. The molecule has 0 saturated carbocycles. The molecule has 144 valence electrons. The molecular weight excluding hydrogens is 342 g/mol. The third-order valence-corrected chi connectivity index (χ3v) is 4.80. The van der Waals surface area contributed by atoms with Crippen molar-refractivity contribution in [3.63, 3.8) is 0 Å². The van der Waals surface area contributed by atoms with Crippen LogP contribution in [0.15, 0.2) is 36.7 Å². The van der Waals surface area contributed by atoms with Gasteiger partial charge in [0, 0.05) is 38.8 Å². The minimum Gasteiger partial charge on any atom is -0.352 e. The zero-order valence-corrected chi connectivity index (χ0v) is 16.0. The summed E-state index contributed by atoms with van der Waals surface area (Å²) >= 11 is 0. The van der Waals surface area contributed by atoms with Gasteiger partial charge in [0.25, 0.3) is 5.91 Å². The summed E-state index contributed by atoms with van der Waals surface area (Å²) in [4.78, 5) is 25.4. The van der Waals surface area contributed by atoms with Gasteiger partial charge in [0.1, 0.15) is 0 Å². The molecule has 2 amide bonds. The highest BCUT2D eigenvalue weighted by atomic mass is 16.2. The monoisotopic (exact) mass is 369 g/mol. The first-order chi connectivity index (χ1) is 13.0. The number of anilines is 1. The maximum Gasteiger partial charge on any atom is 0.253 e. The van der Waals surface area contributed by atoms with E-state index in [4.69, 9.17) is 0 Å². The second-order valence-corrected chi connectivity index (χ2v) is 7.46. The molecule has 7 heteroatoms. The Morgan fingerprint density at radius 2 is 2.07 bits per heavy atom. The molecular formula is C20H27N5O2. The normalized spacial score (nSPS) is 19.3. The third-order valence-electron chi connectivity index (χ3n) is 4.80. The number of aryl methyl sites for hydroxylation is 1. The molecule has 7 nitrogen and oxygen atoms in total. The molecule has 1 aromatic heterocycles. The standard InChI is InChI=1S/C20H27N5O2/c1-13(2)8-22-19(26)15-6-4-5-7-18(15)24-20(27)17-11-21-10-16(17)14-9-23-25(3)12-14/h4-7,9,12-13,16-17,21H,8,10-11H2,1-3H3,(H,22,26)(H,24,27)/t16-,17+/m1/s1. The van der Waals surface area contributed by atoms with Crippen molar-refractivity contribution < 1.29 is 9.59 Å². The number of hydrogen-bond acceptors (Lipinski definition) is 4. The summed E-state index contributed by atoms with van der Waals surface area (Å²) in [6.45, 7) is 6.02. The SMILES string of the molecule is CC(C)CNC(=O)c1ccccc1NC(=O)[C@H]1CNC[C@@H]1c1cnn(C)c1. The number of hydrogen-bond donors (Lipinski definition) is 3. The van der Waals surface area contributed by atoms with E-state index < -0.39 is 0 Å². The van der Waals surface area contributed by atoms with Crippen LogP contribution < -0.4 is 16.0 Å². The number of carbonyl (C=O) groups excluding carboxylic acids is 2. The highest BCUT2D eigenvalue weighted by Crippen LogP contribution is 2.29. The van der Waals surface area contributed by atoms with Gasteiger partial charge in [-0.15, -0.1) is 0 Å². The van der Waals surface area contributed by atoms with E-state index in [1.807, 2.05) is 39.4 Å². The minimum absolute atomic E-state index is 0.0700. The maximum atomic E-state index is 12.9. The fourth-order valence-corrected chi connectivity index (χ4v) is 3.34. The Hall–Kier alpha value is -2.67. The molecule has 0 aliphatic carbocycles. The average Bonchev–Trinajstić information content (AvgIpc) is 3.28. The van der Waals surface area contributed by atoms with Crippen molar-refractivity contribution in [2.75, 3.05) is 25.0 Å². The van der Waals surface area contributed by atoms with E-state index >= 15 is 0 Å². The lowest BCUT2D eigenvalue weighted by molar-refractivity contribution is -0.119. The number of benzene rings is 1. The molecule has 1 fully saturated rings. The molecule has 1 saturated heterocycles. The predicted octanol–water partition coefficient (Wildman–Crippen LogP) is 1.75. The Labute approximate surface area is 159 Å². The van der Waals surface area contributed by atoms with Crippen molar-refractivity contribution in [1.29, 1.82) is 0 Å². The lowest BCUT2D eigenvalue weighted by atomic mass is 9.90. The fourth-order valence-electron chi connectivity index (χ4n) is 3.34. The highest BCUT2D eigenvalue weighted by molar-refractivity contribution is 6.04. The van der Waals surface area contributed by atoms with Gasteiger partial charge in [0.05, 0.1) is 23.4 Å². The van der Waals surface area contributed by atoms with Crippen molar-refractivity contribution in [2.24, 2.45) is 18.9 Å². The van der Waals surface area contributed by atoms with Crippen LogP contribution in [0.3, 0.4) is 0 Å². The van der Waals surface area contributed by atoms with Crippen molar-refractivity contribution in [3.8, 4) is 0 Å². The number of carbonyl (C=O) groups is 2. The van der Waals surface area contributed by atoms with E-state index in [1.54, 1.807) is 22.9 Å². The quantitative estimate of drug-likeness (QED) is 0.724. The van der Waals surface area contributed by atoms with Crippen LogP contribution in [-0.2, 0) is 11.8 Å². The topological polar surface area (TPSA) is 88.1 Å². The van der Waals surface area contributed by atoms with Gasteiger partial charge < -0.3 is 16.0 Å². The minimum atomic E-state index is -0.207. The first kappa shape index (κ1) is 19.1. The van der Waals surface area contributed by atoms with Gasteiger partial charge in [-0.25, -0.2) is 0 Å². The lowest BCUT2D eigenvalue weighted by Crippen LogP contribution is -2.31. The molecule has 0 unspecified atom stereocenters. The number of amides is 2. The number of aromatic nitrogens is 2. The summed E-state index contributed by atoms with van der Waals surface area (Å²) in [7, 11) is 1.87. The Bertz CT molecular complexity index is 814. The van der Waals surface area contributed by atoms with Crippen LogP contribution in [0.5, 0.6) is 0 Å². The molecule has 27 heavy (non-hydrogen) atoms. The first-order valence-electron chi connectivity index (χ1n) is 9.33. The summed E-state index contributed by atoms with van der Waals surface area (Å²) in [6.07, 6.45) is 3.76. The van der Waals surface area contributed by atoms with E-state index in [0.717, 1.165) is 12.1 Å². The summed E-state index contributed by atoms with van der Waals surface area (Å²) < 4.78 is 1.75.